The highest BCUT2D eigenvalue weighted by atomic mass is 32.2. The fourth-order valence-corrected chi connectivity index (χ4v) is 4.02. The molecule has 1 unspecified atom stereocenters. The molecule has 0 N–H and O–H groups in total. The van der Waals surface area contributed by atoms with Crippen LogP contribution in [0.3, 0.4) is 0 Å². The zero-order valence-corrected chi connectivity index (χ0v) is 15.9. The Labute approximate surface area is 149 Å². The number of hydrogen-bond acceptors (Lipinski definition) is 4. The summed E-state index contributed by atoms with van der Waals surface area (Å²) in [6.07, 6.45) is 2.71. The summed E-state index contributed by atoms with van der Waals surface area (Å²) >= 11 is 1.76. The van der Waals surface area contributed by atoms with Crippen LogP contribution in [0.25, 0.3) is 11.4 Å². The SMILES string of the molecule is CCn1c(SCC2CCCO2)nnc1-c1ccc(C(C)(C)C)cc1. The van der Waals surface area contributed by atoms with Gasteiger partial charge in [0.1, 0.15) is 0 Å². The molecule has 1 aromatic carbocycles. The Kier molecular flexibility index (Phi) is 5.30. The Morgan fingerprint density at radius 2 is 1.96 bits per heavy atom. The first-order chi connectivity index (χ1) is 11.5. The third kappa shape index (κ3) is 3.83. The molecule has 2 heterocycles. The highest BCUT2D eigenvalue weighted by molar-refractivity contribution is 7.99. The number of benzene rings is 1. The molecule has 2 aromatic rings. The average molecular weight is 346 g/mol. The fraction of sp³-hybridized carbons (Fsp3) is 0.579. The number of hydrogen-bond donors (Lipinski definition) is 0. The quantitative estimate of drug-likeness (QED) is 0.746. The van der Waals surface area contributed by atoms with Crippen molar-refractivity contribution in [1.29, 1.82) is 0 Å². The first-order valence-electron chi connectivity index (χ1n) is 8.77. The summed E-state index contributed by atoms with van der Waals surface area (Å²) < 4.78 is 7.91. The molecule has 1 aliphatic rings. The average Bonchev–Trinajstić information content (AvgIpc) is 3.21. The molecule has 5 heteroatoms. The van der Waals surface area contributed by atoms with Gasteiger partial charge in [-0.2, -0.15) is 0 Å². The summed E-state index contributed by atoms with van der Waals surface area (Å²) in [5, 5.41) is 9.85. The predicted octanol–water partition coefficient (Wildman–Crippen LogP) is 4.53. The first kappa shape index (κ1) is 17.5. The van der Waals surface area contributed by atoms with Gasteiger partial charge in [-0.25, -0.2) is 0 Å². The van der Waals surface area contributed by atoms with Gasteiger partial charge >= 0.3 is 0 Å². The van der Waals surface area contributed by atoms with Crippen LogP contribution in [0, 0.1) is 0 Å². The summed E-state index contributed by atoms with van der Waals surface area (Å²) in [7, 11) is 0. The maximum absolute atomic E-state index is 5.71. The molecule has 1 saturated heterocycles. The molecule has 1 aliphatic heterocycles. The highest BCUT2D eigenvalue weighted by Crippen LogP contribution is 2.28. The Bertz CT molecular complexity index is 667. The molecule has 3 rings (SSSR count). The van der Waals surface area contributed by atoms with Crippen LogP contribution in [0.2, 0.25) is 0 Å². The molecule has 0 saturated carbocycles. The zero-order valence-electron chi connectivity index (χ0n) is 15.1. The van der Waals surface area contributed by atoms with Gasteiger partial charge in [-0.15, -0.1) is 10.2 Å². The van der Waals surface area contributed by atoms with Gasteiger partial charge in [0.2, 0.25) is 0 Å². The topological polar surface area (TPSA) is 39.9 Å². The van der Waals surface area contributed by atoms with Gasteiger partial charge in [0, 0.05) is 24.5 Å². The summed E-state index contributed by atoms with van der Waals surface area (Å²) in [4.78, 5) is 0. The van der Waals surface area contributed by atoms with Crippen LogP contribution in [0.4, 0.5) is 0 Å². The van der Waals surface area contributed by atoms with E-state index >= 15 is 0 Å². The largest absolute Gasteiger partial charge is 0.377 e. The molecular weight excluding hydrogens is 318 g/mol. The van der Waals surface area contributed by atoms with Crippen molar-refractivity contribution >= 4 is 11.8 Å². The van der Waals surface area contributed by atoms with E-state index in [-0.39, 0.29) is 5.41 Å². The Morgan fingerprint density at radius 3 is 2.54 bits per heavy atom. The lowest BCUT2D eigenvalue weighted by atomic mass is 9.87. The minimum Gasteiger partial charge on any atom is -0.377 e. The summed E-state index contributed by atoms with van der Waals surface area (Å²) in [5.74, 6) is 1.91. The Balaban J connectivity index is 1.78. The van der Waals surface area contributed by atoms with Gasteiger partial charge < -0.3 is 9.30 Å². The maximum Gasteiger partial charge on any atom is 0.191 e. The smallest absolute Gasteiger partial charge is 0.191 e. The fourth-order valence-electron chi connectivity index (χ4n) is 2.96. The predicted molar refractivity (Wildman–Crippen MR) is 99.5 cm³/mol. The van der Waals surface area contributed by atoms with Gasteiger partial charge in [0.05, 0.1) is 6.10 Å². The number of nitrogens with zero attached hydrogens (tertiary/aromatic N) is 3. The van der Waals surface area contributed by atoms with Crippen LogP contribution < -0.4 is 0 Å². The van der Waals surface area contributed by atoms with Gasteiger partial charge in [-0.1, -0.05) is 56.8 Å². The number of thioether (sulfide) groups is 1. The van der Waals surface area contributed by atoms with E-state index < -0.39 is 0 Å². The first-order valence-corrected chi connectivity index (χ1v) is 9.76. The van der Waals surface area contributed by atoms with E-state index in [1.807, 2.05) is 0 Å². The van der Waals surface area contributed by atoms with Crippen molar-refractivity contribution in [2.75, 3.05) is 12.4 Å². The van der Waals surface area contributed by atoms with Crippen molar-refractivity contribution in [3.63, 3.8) is 0 Å². The van der Waals surface area contributed by atoms with E-state index in [0.717, 1.165) is 41.9 Å². The van der Waals surface area contributed by atoms with Crippen molar-refractivity contribution in [1.82, 2.24) is 14.8 Å². The van der Waals surface area contributed by atoms with Gasteiger partial charge in [0.15, 0.2) is 11.0 Å². The van der Waals surface area contributed by atoms with Gasteiger partial charge in [-0.05, 0) is 30.7 Å². The molecule has 4 nitrogen and oxygen atoms in total. The van der Waals surface area contributed by atoms with E-state index in [4.69, 9.17) is 4.74 Å². The third-order valence-electron chi connectivity index (χ3n) is 4.46. The van der Waals surface area contributed by atoms with Crippen LogP contribution in [0.1, 0.15) is 46.1 Å². The van der Waals surface area contributed by atoms with E-state index in [1.54, 1.807) is 11.8 Å². The minimum atomic E-state index is 0.166. The highest BCUT2D eigenvalue weighted by Gasteiger charge is 2.19. The van der Waals surface area contributed by atoms with E-state index in [9.17, 15) is 0 Å². The number of aromatic nitrogens is 3. The second-order valence-electron chi connectivity index (χ2n) is 7.32. The van der Waals surface area contributed by atoms with Crippen LogP contribution in [0.5, 0.6) is 0 Å². The zero-order chi connectivity index (χ0) is 17.2. The summed E-state index contributed by atoms with van der Waals surface area (Å²) in [5.41, 5.74) is 2.63. The van der Waals surface area contributed by atoms with E-state index in [1.165, 1.54) is 12.0 Å². The number of rotatable bonds is 5. The normalized spacial score (nSPS) is 18.2. The molecule has 24 heavy (non-hydrogen) atoms. The molecule has 1 aromatic heterocycles. The van der Waals surface area contributed by atoms with E-state index in [0.29, 0.717) is 6.10 Å². The summed E-state index contributed by atoms with van der Waals surface area (Å²) in [6, 6.07) is 8.71. The molecule has 0 bridgehead atoms. The van der Waals surface area contributed by atoms with Crippen LogP contribution in [0.15, 0.2) is 29.4 Å². The molecule has 1 atom stereocenters. The molecule has 130 valence electrons. The second-order valence-corrected chi connectivity index (χ2v) is 8.31. The molecule has 0 radical (unpaired) electrons. The Hall–Kier alpha value is -1.33. The number of ether oxygens (including phenoxy) is 1. The van der Waals surface area contributed by atoms with Crippen LogP contribution in [-0.4, -0.2) is 33.2 Å². The van der Waals surface area contributed by atoms with Crippen molar-refractivity contribution in [2.24, 2.45) is 0 Å². The van der Waals surface area contributed by atoms with Gasteiger partial charge in [0.25, 0.3) is 0 Å². The minimum absolute atomic E-state index is 0.166. The van der Waals surface area contributed by atoms with Crippen molar-refractivity contribution < 1.29 is 4.74 Å². The van der Waals surface area contributed by atoms with Crippen molar-refractivity contribution in [3.8, 4) is 11.4 Å². The summed E-state index contributed by atoms with van der Waals surface area (Å²) in [6.45, 7) is 10.6. The lowest BCUT2D eigenvalue weighted by Crippen LogP contribution is -2.10. The molecule has 0 aliphatic carbocycles. The third-order valence-corrected chi connectivity index (χ3v) is 5.56. The molecule has 0 amide bonds. The Morgan fingerprint density at radius 1 is 1.21 bits per heavy atom. The lowest BCUT2D eigenvalue weighted by Gasteiger charge is -2.19. The molecular formula is C19H27N3OS. The van der Waals surface area contributed by atoms with Crippen molar-refractivity contribution in [3.05, 3.63) is 29.8 Å². The van der Waals surface area contributed by atoms with Gasteiger partial charge in [-0.3, -0.25) is 0 Å². The van der Waals surface area contributed by atoms with E-state index in [2.05, 4.69) is 66.7 Å². The van der Waals surface area contributed by atoms with Crippen molar-refractivity contribution in [2.45, 2.75) is 63.8 Å². The monoisotopic (exact) mass is 345 g/mol. The maximum atomic E-state index is 5.71. The van der Waals surface area contributed by atoms with Crippen LogP contribution in [-0.2, 0) is 16.7 Å². The second kappa shape index (κ2) is 7.28. The standard InChI is InChI=1S/C19H27N3OS/c1-5-22-17(14-8-10-15(11-9-14)19(2,3)4)20-21-18(22)24-13-16-7-6-12-23-16/h8-11,16H,5-7,12-13H2,1-4H3. The lowest BCUT2D eigenvalue weighted by molar-refractivity contribution is 0.129. The molecule has 0 spiro atoms. The molecule has 1 fully saturated rings. The van der Waals surface area contributed by atoms with Crippen LogP contribution >= 0.6 is 11.8 Å².